The number of rotatable bonds is 8. The fraction of sp³-hybridized carbons (Fsp3) is 0.923. The van der Waals surface area contributed by atoms with Crippen molar-refractivity contribution in [1.82, 2.24) is 5.32 Å². The van der Waals surface area contributed by atoms with E-state index in [0.29, 0.717) is 23.8 Å². The van der Waals surface area contributed by atoms with Crippen molar-refractivity contribution in [3.8, 4) is 0 Å². The second-order valence-corrected chi connectivity index (χ2v) is 6.32. The summed E-state index contributed by atoms with van der Waals surface area (Å²) in [5.41, 5.74) is 0. The van der Waals surface area contributed by atoms with E-state index in [4.69, 9.17) is 4.74 Å². The average molecular weight is 261 g/mol. The van der Waals surface area contributed by atoms with Crippen LogP contribution in [0.4, 0.5) is 0 Å². The lowest BCUT2D eigenvalue weighted by Gasteiger charge is -2.22. The Morgan fingerprint density at radius 3 is 2.24 bits per heavy atom. The quantitative estimate of drug-likeness (QED) is 0.682. The van der Waals surface area contributed by atoms with Gasteiger partial charge >= 0.3 is 5.97 Å². The first-order chi connectivity index (χ1) is 7.88. The predicted molar refractivity (Wildman–Crippen MR) is 75.5 cm³/mol. The van der Waals surface area contributed by atoms with E-state index in [9.17, 15) is 4.79 Å². The van der Waals surface area contributed by atoms with Gasteiger partial charge in [-0.2, -0.15) is 11.8 Å². The topological polar surface area (TPSA) is 38.3 Å². The zero-order valence-corrected chi connectivity index (χ0v) is 12.8. The van der Waals surface area contributed by atoms with E-state index in [2.05, 4.69) is 26.1 Å². The Bertz CT molecular complexity index is 219. The van der Waals surface area contributed by atoms with Gasteiger partial charge < -0.3 is 10.1 Å². The summed E-state index contributed by atoms with van der Waals surface area (Å²) in [6, 6.07) is 0.0977. The molecule has 0 aromatic heterocycles. The van der Waals surface area contributed by atoms with Gasteiger partial charge in [0.15, 0.2) is 0 Å². The Morgan fingerprint density at radius 1 is 1.24 bits per heavy atom. The first-order valence-electron chi connectivity index (χ1n) is 6.42. The van der Waals surface area contributed by atoms with E-state index in [1.54, 1.807) is 0 Å². The summed E-state index contributed by atoms with van der Waals surface area (Å²) in [4.78, 5) is 11.8. The van der Waals surface area contributed by atoms with Crippen LogP contribution in [-0.4, -0.2) is 35.7 Å². The number of ether oxygens (including phenoxy) is 1. The minimum atomic E-state index is -0.193. The Labute approximate surface area is 110 Å². The summed E-state index contributed by atoms with van der Waals surface area (Å²) in [5, 5.41) is 3.82. The lowest BCUT2D eigenvalue weighted by Crippen LogP contribution is -2.44. The molecule has 4 heteroatoms. The Hall–Kier alpha value is -0.220. The van der Waals surface area contributed by atoms with Crippen LogP contribution in [0, 0.1) is 5.92 Å². The van der Waals surface area contributed by atoms with Crippen LogP contribution in [0.5, 0.6) is 0 Å². The third kappa shape index (κ3) is 7.66. The van der Waals surface area contributed by atoms with Crippen LogP contribution in [0.3, 0.4) is 0 Å². The summed E-state index contributed by atoms with van der Waals surface area (Å²) in [6.07, 6.45) is 0. The molecule has 3 nitrogen and oxygen atoms in total. The van der Waals surface area contributed by atoms with Crippen molar-refractivity contribution in [2.45, 2.75) is 58.9 Å². The molecular weight excluding hydrogens is 234 g/mol. The lowest BCUT2D eigenvalue weighted by atomic mass is 10.2. The largest absolute Gasteiger partial charge is 0.465 e. The molecule has 0 saturated heterocycles. The number of thioether (sulfide) groups is 1. The number of hydrogen-bond donors (Lipinski definition) is 1. The number of hydrogen-bond acceptors (Lipinski definition) is 4. The van der Waals surface area contributed by atoms with E-state index in [1.807, 2.05) is 32.5 Å². The van der Waals surface area contributed by atoms with Gasteiger partial charge in [-0.15, -0.1) is 0 Å². The van der Waals surface area contributed by atoms with Gasteiger partial charge in [-0.25, -0.2) is 0 Å². The fourth-order valence-electron chi connectivity index (χ4n) is 1.27. The molecule has 0 spiro atoms. The normalized spacial score (nSPS) is 15.1. The van der Waals surface area contributed by atoms with Crippen LogP contribution in [0.2, 0.25) is 0 Å². The van der Waals surface area contributed by atoms with Crippen LogP contribution in [0.15, 0.2) is 0 Å². The molecule has 0 aliphatic heterocycles. The van der Waals surface area contributed by atoms with Crippen molar-refractivity contribution in [3.63, 3.8) is 0 Å². The second-order valence-electron chi connectivity index (χ2n) is 4.91. The van der Waals surface area contributed by atoms with Gasteiger partial charge in [0.25, 0.3) is 0 Å². The third-order valence-electron chi connectivity index (χ3n) is 2.57. The maximum Gasteiger partial charge on any atom is 0.323 e. The molecule has 0 amide bonds. The van der Waals surface area contributed by atoms with E-state index >= 15 is 0 Å². The smallest absolute Gasteiger partial charge is 0.323 e. The van der Waals surface area contributed by atoms with E-state index in [0.717, 1.165) is 5.75 Å². The Morgan fingerprint density at radius 2 is 1.82 bits per heavy atom. The van der Waals surface area contributed by atoms with Gasteiger partial charge in [0.05, 0.1) is 6.61 Å². The Kier molecular flexibility index (Phi) is 8.70. The minimum absolute atomic E-state index is 0.135. The monoisotopic (exact) mass is 261 g/mol. The zero-order valence-electron chi connectivity index (χ0n) is 11.9. The predicted octanol–water partition coefficient (Wildman–Crippen LogP) is 2.69. The molecule has 2 unspecified atom stereocenters. The Balaban J connectivity index is 4.23. The molecule has 0 aromatic carbocycles. The molecule has 102 valence electrons. The van der Waals surface area contributed by atoms with E-state index in [1.165, 1.54) is 0 Å². The molecular formula is C13H27NO2S. The first-order valence-corrected chi connectivity index (χ1v) is 7.47. The molecule has 17 heavy (non-hydrogen) atoms. The number of esters is 1. The third-order valence-corrected chi connectivity index (χ3v) is 4.17. The van der Waals surface area contributed by atoms with Gasteiger partial charge in [0, 0.05) is 17.0 Å². The highest BCUT2D eigenvalue weighted by atomic mass is 32.2. The fourth-order valence-corrected chi connectivity index (χ4v) is 2.38. The van der Waals surface area contributed by atoms with Gasteiger partial charge in [0.1, 0.15) is 6.04 Å². The molecule has 0 aromatic rings. The van der Waals surface area contributed by atoms with Crippen LogP contribution >= 0.6 is 11.8 Å². The minimum Gasteiger partial charge on any atom is -0.465 e. The van der Waals surface area contributed by atoms with Crippen molar-refractivity contribution in [3.05, 3.63) is 0 Å². The molecule has 0 fully saturated rings. The molecule has 1 N–H and O–H groups in total. The van der Waals surface area contributed by atoms with E-state index in [-0.39, 0.29) is 12.0 Å². The SMILES string of the molecule is CCOC(=O)C(CSC(C)C(C)C)NC(C)C. The van der Waals surface area contributed by atoms with Gasteiger partial charge in [-0.05, 0) is 12.8 Å². The maximum absolute atomic E-state index is 11.8. The van der Waals surface area contributed by atoms with Crippen LogP contribution in [0.25, 0.3) is 0 Å². The summed E-state index contributed by atoms with van der Waals surface area (Å²) >= 11 is 1.83. The molecule has 0 aliphatic rings. The van der Waals surface area contributed by atoms with Crippen molar-refractivity contribution >= 4 is 17.7 Å². The van der Waals surface area contributed by atoms with Crippen LogP contribution in [-0.2, 0) is 9.53 Å². The van der Waals surface area contributed by atoms with Gasteiger partial charge in [0.2, 0.25) is 0 Å². The molecule has 0 saturated carbocycles. The lowest BCUT2D eigenvalue weighted by molar-refractivity contribution is -0.145. The molecule has 0 aliphatic carbocycles. The van der Waals surface area contributed by atoms with Gasteiger partial charge in [-0.3, -0.25) is 4.79 Å². The van der Waals surface area contributed by atoms with Crippen LogP contribution < -0.4 is 5.32 Å². The van der Waals surface area contributed by atoms with Crippen molar-refractivity contribution < 1.29 is 9.53 Å². The molecule has 0 bridgehead atoms. The number of carbonyl (C=O) groups excluding carboxylic acids is 1. The molecule has 0 radical (unpaired) electrons. The van der Waals surface area contributed by atoms with Gasteiger partial charge in [-0.1, -0.05) is 34.6 Å². The summed E-state index contributed by atoms with van der Waals surface area (Å²) in [7, 11) is 0. The highest BCUT2D eigenvalue weighted by Crippen LogP contribution is 2.19. The summed E-state index contributed by atoms with van der Waals surface area (Å²) in [5.74, 6) is 1.27. The van der Waals surface area contributed by atoms with Crippen molar-refractivity contribution in [2.75, 3.05) is 12.4 Å². The molecule has 0 rings (SSSR count). The standard InChI is InChI=1S/C13H27NO2S/c1-7-16-13(15)12(14-10(4)5)8-17-11(6)9(2)3/h9-12,14H,7-8H2,1-6H3. The zero-order chi connectivity index (χ0) is 13.4. The summed E-state index contributed by atoms with van der Waals surface area (Å²) in [6.45, 7) is 13.0. The van der Waals surface area contributed by atoms with Crippen LogP contribution in [0.1, 0.15) is 41.5 Å². The number of nitrogens with one attached hydrogen (secondary N) is 1. The summed E-state index contributed by atoms with van der Waals surface area (Å²) < 4.78 is 5.08. The number of carbonyl (C=O) groups is 1. The average Bonchev–Trinajstić information content (AvgIpc) is 2.23. The molecule has 2 atom stereocenters. The maximum atomic E-state index is 11.8. The highest BCUT2D eigenvalue weighted by Gasteiger charge is 2.22. The van der Waals surface area contributed by atoms with Crippen molar-refractivity contribution in [1.29, 1.82) is 0 Å². The highest BCUT2D eigenvalue weighted by molar-refractivity contribution is 7.99. The van der Waals surface area contributed by atoms with Crippen molar-refractivity contribution in [2.24, 2.45) is 5.92 Å². The second kappa shape index (κ2) is 8.81. The molecule has 0 heterocycles. The van der Waals surface area contributed by atoms with E-state index < -0.39 is 0 Å². The first kappa shape index (κ1) is 16.8.